The molecule has 0 amide bonds. The molecule has 20 heavy (non-hydrogen) atoms. The highest BCUT2D eigenvalue weighted by Gasteiger charge is 2.21. The highest BCUT2D eigenvalue weighted by molar-refractivity contribution is 5.40. The Balaban J connectivity index is 1.79. The summed E-state index contributed by atoms with van der Waals surface area (Å²) in [4.78, 5) is 0. The summed E-state index contributed by atoms with van der Waals surface area (Å²) in [5.74, 6) is 1.53. The van der Waals surface area contributed by atoms with E-state index < -0.39 is 0 Å². The van der Waals surface area contributed by atoms with Gasteiger partial charge in [-0.05, 0) is 48.8 Å². The number of fused-ring (bicyclic) bond motifs is 1. The van der Waals surface area contributed by atoms with Crippen LogP contribution in [0.1, 0.15) is 42.5 Å². The van der Waals surface area contributed by atoms with E-state index >= 15 is 0 Å². The molecule has 3 rings (SSSR count). The van der Waals surface area contributed by atoms with E-state index in [2.05, 4.69) is 58.8 Å². The molecular formula is C17H21N3. The number of benzene rings is 1. The van der Waals surface area contributed by atoms with Crippen LogP contribution in [0.5, 0.6) is 0 Å². The molecule has 1 unspecified atom stereocenters. The molecule has 1 heterocycles. The van der Waals surface area contributed by atoms with Crippen LogP contribution in [0.25, 0.3) is 0 Å². The molecule has 0 aliphatic heterocycles. The van der Waals surface area contributed by atoms with Crippen LogP contribution in [0.2, 0.25) is 0 Å². The van der Waals surface area contributed by atoms with Gasteiger partial charge in [-0.25, -0.2) is 0 Å². The van der Waals surface area contributed by atoms with Crippen LogP contribution in [-0.4, -0.2) is 16.7 Å². The molecule has 1 aliphatic rings. The van der Waals surface area contributed by atoms with Crippen molar-refractivity contribution in [1.82, 2.24) is 10.2 Å². The van der Waals surface area contributed by atoms with Crippen LogP contribution < -0.4 is 5.32 Å². The number of aryl methyl sites for hydroxylation is 1. The molecule has 3 nitrogen and oxygen atoms in total. The van der Waals surface area contributed by atoms with Crippen LogP contribution >= 0.6 is 0 Å². The second-order valence-electron chi connectivity index (χ2n) is 5.48. The van der Waals surface area contributed by atoms with Gasteiger partial charge in [-0.15, -0.1) is 5.10 Å². The van der Waals surface area contributed by atoms with E-state index in [1.165, 1.54) is 23.2 Å². The first-order valence-electron chi connectivity index (χ1n) is 7.51. The molecule has 0 radical (unpaired) electrons. The van der Waals surface area contributed by atoms with Crippen molar-refractivity contribution in [3.8, 4) is 0 Å². The van der Waals surface area contributed by atoms with Gasteiger partial charge in [0.1, 0.15) is 5.82 Å². The highest BCUT2D eigenvalue weighted by atomic mass is 15.2. The fraction of sp³-hybridized carbons (Fsp3) is 0.412. The van der Waals surface area contributed by atoms with E-state index in [4.69, 9.17) is 0 Å². The lowest BCUT2D eigenvalue weighted by Crippen LogP contribution is -2.16. The third-order valence-electron chi connectivity index (χ3n) is 3.98. The summed E-state index contributed by atoms with van der Waals surface area (Å²) in [5, 5.41) is 12.0. The van der Waals surface area contributed by atoms with Crippen molar-refractivity contribution < 1.29 is 0 Å². The summed E-state index contributed by atoms with van der Waals surface area (Å²) in [5.41, 5.74) is 3.98. The van der Waals surface area contributed by atoms with Crippen molar-refractivity contribution >= 4 is 5.82 Å². The SMILES string of the molecule is CCCNc1cc2c(nn1)CCC(c1ccccc1)C2. The summed E-state index contributed by atoms with van der Waals surface area (Å²) in [7, 11) is 0. The molecule has 1 atom stereocenters. The Kier molecular flexibility index (Phi) is 3.95. The third kappa shape index (κ3) is 2.82. The number of hydrogen-bond acceptors (Lipinski definition) is 3. The Morgan fingerprint density at radius 1 is 1.20 bits per heavy atom. The minimum absolute atomic E-state index is 0.618. The van der Waals surface area contributed by atoms with Crippen LogP contribution in [0, 0.1) is 0 Å². The average molecular weight is 267 g/mol. The largest absolute Gasteiger partial charge is 0.369 e. The normalized spacial score (nSPS) is 17.6. The summed E-state index contributed by atoms with van der Waals surface area (Å²) < 4.78 is 0. The molecule has 0 spiro atoms. The molecule has 1 N–H and O–H groups in total. The van der Waals surface area contributed by atoms with Gasteiger partial charge in [0.2, 0.25) is 0 Å². The van der Waals surface area contributed by atoms with Crippen molar-refractivity contribution in [2.45, 2.75) is 38.5 Å². The Hall–Kier alpha value is -1.90. The summed E-state index contributed by atoms with van der Waals surface area (Å²) in [6, 6.07) is 13.0. The Morgan fingerprint density at radius 3 is 2.85 bits per heavy atom. The molecule has 2 aromatic rings. The van der Waals surface area contributed by atoms with Gasteiger partial charge in [-0.2, -0.15) is 5.10 Å². The quantitative estimate of drug-likeness (QED) is 0.920. The summed E-state index contributed by atoms with van der Waals surface area (Å²) in [6.45, 7) is 3.11. The van der Waals surface area contributed by atoms with Gasteiger partial charge in [-0.3, -0.25) is 0 Å². The lowest BCUT2D eigenvalue weighted by Gasteiger charge is -2.24. The van der Waals surface area contributed by atoms with Gasteiger partial charge < -0.3 is 5.32 Å². The van der Waals surface area contributed by atoms with Crippen molar-refractivity contribution in [3.63, 3.8) is 0 Å². The van der Waals surface area contributed by atoms with Crippen molar-refractivity contribution in [2.24, 2.45) is 0 Å². The molecule has 1 aliphatic carbocycles. The number of anilines is 1. The second kappa shape index (κ2) is 6.04. The maximum absolute atomic E-state index is 4.39. The Labute approximate surface area is 120 Å². The lowest BCUT2D eigenvalue weighted by atomic mass is 9.82. The fourth-order valence-corrected chi connectivity index (χ4v) is 2.87. The Bertz CT molecular complexity index is 566. The minimum atomic E-state index is 0.618. The van der Waals surface area contributed by atoms with E-state index in [0.29, 0.717) is 5.92 Å². The van der Waals surface area contributed by atoms with Crippen molar-refractivity contribution in [1.29, 1.82) is 0 Å². The van der Waals surface area contributed by atoms with Gasteiger partial charge in [-0.1, -0.05) is 37.3 Å². The first-order chi connectivity index (χ1) is 9.86. The smallest absolute Gasteiger partial charge is 0.148 e. The zero-order valence-corrected chi connectivity index (χ0v) is 12.0. The molecule has 1 aromatic heterocycles. The first-order valence-corrected chi connectivity index (χ1v) is 7.51. The fourth-order valence-electron chi connectivity index (χ4n) is 2.87. The third-order valence-corrected chi connectivity index (χ3v) is 3.98. The first kappa shape index (κ1) is 13.1. The zero-order valence-electron chi connectivity index (χ0n) is 12.0. The molecule has 0 saturated heterocycles. The monoisotopic (exact) mass is 267 g/mol. The molecular weight excluding hydrogens is 246 g/mol. The summed E-state index contributed by atoms with van der Waals surface area (Å²) >= 11 is 0. The van der Waals surface area contributed by atoms with Gasteiger partial charge in [0.15, 0.2) is 0 Å². The van der Waals surface area contributed by atoms with Gasteiger partial charge in [0, 0.05) is 6.54 Å². The molecule has 0 bridgehead atoms. The van der Waals surface area contributed by atoms with E-state index in [9.17, 15) is 0 Å². The molecule has 0 fully saturated rings. The number of hydrogen-bond donors (Lipinski definition) is 1. The topological polar surface area (TPSA) is 37.8 Å². The molecule has 3 heteroatoms. The van der Waals surface area contributed by atoms with Crippen LogP contribution in [0.4, 0.5) is 5.82 Å². The molecule has 1 aromatic carbocycles. The Morgan fingerprint density at radius 2 is 2.05 bits per heavy atom. The van der Waals surface area contributed by atoms with Crippen LogP contribution in [0.3, 0.4) is 0 Å². The average Bonchev–Trinajstić information content (AvgIpc) is 2.53. The predicted octanol–water partition coefficient (Wildman–Crippen LogP) is 3.57. The highest BCUT2D eigenvalue weighted by Crippen LogP contribution is 2.32. The van der Waals surface area contributed by atoms with Gasteiger partial charge in [0.25, 0.3) is 0 Å². The maximum Gasteiger partial charge on any atom is 0.148 e. The van der Waals surface area contributed by atoms with E-state index in [-0.39, 0.29) is 0 Å². The lowest BCUT2D eigenvalue weighted by molar-refractivity contribution is 0.568. The van der Waals surface area contributed by atoms with Crippen molar-refractivity contribution in [3.05, 3.63) is 53.2 Å². The zero-order chi connectivity index (χ0) is 13.8. The number of aromatic nitrogens is 2. The number of rotatable bonds is 4. The summed E-state index contributed by atoms with van der Waals surface area (Å²) in [6.07, 6.45) is 4.39. The number of nitrogens with one attached hydrogen (secondary N) is 1. The van der Waals surface area contributed by atoms with Crippen molar-refractivity contribution in [2.75, 3.05) is 11.9 Å². The standard InChI is InChI=1S/C17H21N3/c1-2-10-18-17-12-15-11-14(8-9-16(15)19-20-17)13-6-4-3-5-7-13/h3-7,12,14H,2,8-11H2,1H3,(H,18,20). The molecule has 0 saturated carbocycles. The van der Waals surface area contributed by atoms with Gasteiger partial charge in [0.05, 0.1) is 5.69 Å². The minimum Gasteiger partial charge on any atom is -0.369 e. The van der Waals surface area contributed by atoms with E-state index in [0.717, 1.165) is 31.6 Å². The predicted molar refractivity (Wildman–Crippen MR) is 82.0 cm³/mol. The van der Waals surface area contributed by atoms with E-state index in [1.54, 1.807) is 0 Å². The number of nitrogens with zero attached hydrogens (tertiary/aromatic N) is 2. The van der Waals surface area contributed by atoms with Crippen LogP contribution in [-0.2, 0) is 12.8 Å². The maximum atomic E-state index is 4.39. The molecule has 104 valence electrons. The second-order valence-corrected chi connectivity index (χ2v) is 5.48. The van der Waals surface area contributed by atoms with Gasteiger partial charge >= 0.3 is 0 Å². The van der Waals surface area contributed by atoms with Crippen LogP contribution in [0.15, 0.2) is 36.4 Å². The van der Waals surface area contributed by atoms with E-state index in [1.807, 2.05) is 0 Å².